The number of nitrogens with one attached hydrogen (secondary N) is 1. The molecule has 0 radical (unpaired) electrons. The molecule has 0 amide bonds. The van der Waals surface area contributed by atoms with Crippen molar-refractivity contribution in [1.82, 2.24) is 4.98 Å². The van der Waals surface area contributed by atoms with Crippen molar-refractivity contribution in [3.05, 3.63) is 23.0 Å². The fraction of sp³-hybridized carbons (Fsp3) is 0.333. The van der Waals surface area contributed by atoms with Crippen molar-refractivity contribution in [2.75, 3.05) is 6.61 Å². The molecule has 0 aliphatic heterocycles. The molecule has 4 heteroatoms. The molecule has 0 bridgehead atoms. The Hall–Kier alpha value is -1.58. The van der Waals surface area contributed by atoms with Gasteiger partial charge in [0.05, 0.1) is 17.9 Å². The van der Waals surface area contributed by atoms with Crippen molar-refractivity contribution in [3.63, 3.8) is 0 Å². The third-order valence-corrected chi connectivity index (χ3v) is 1.71. The van der Waals surface area contributed by atoms with Crippen LogP contribution in [0.2, 0.25) is 0 Å². The number of ether oxygens (including phenoxy) is 1. The van der Waals surface area contributed by atoms with Gasteiger partial charge in [-0.25, -0.2) is 4.79 Å². The first-order valence-corrected chi connectivity index (χ1v) is 4.01. The van der Waals surface area contributed by atoms with Gasteiger partial charge in [0.2, 0.25) is 0 Å². The summed E-state index contributed by atoms with van der Waals surface area (Å²) in [6, 6.07) is 0. The van der Waals surface area contributed by atoms with E-state index in [-0.39, 0.29) is 5.69 Å². The average Bonchev–Trinajstić information content (AvgIpc) is 2.47. The lowest BCUT2D eigenvalue weighted by molar-refractivity contribution is 0.0523. The van der Waals surface area contributed by atoms with Gasteiger partial charge in [-0.1, -0.05) is 0 Å². The van der Waals surface area contributed by atoms with E-state index in [0.717, 1.165) is 5.56 Å². The number of hydrogen-bond donors (Lipinski definition) is 1. The van der Waals surface area contributed by atoms with E-state index in [0.29, 0.717) is 18.5 Å². The van der Waals surface area contributed by atoms with Crippen LogP contribution in [-0.2, 0) is 4.74 Å². The number of carbonyl (C=O) groups is 2. The Kier molecular flexibility index (Phi) is 2.84. The summed E-state index contributed by atoms with van der Waals surface area (Å²) < 4.78 is 4.79. The highest BCUT2D eigenvalue weighted by atomic mass is 16.5. The number of esters is 1. The molecule has 4 nitrogen and oxygen atoms in total. The van der Waals surface area contributed by atoms with Gasteiger partial charge in [-0.15, -0.1) is 0 Å². The predicted molar refractivity (Wildman–Crippen MR) is 46.9 cm³/mol. The van der Waals surface area contributed by atoms with Crippen LogP contribution >= 0.6 is 0 Å². The van der Waals surface area contributed by atoms with Crippen LogP contribution in [0.15, 0.2) is 6.20 Å². The minimum Gasteiger partial charge on any atom is -0.462 e. The molecule has 0 spiro atoms. The number of H-pyrrole nitrogens is 1. The zero-order chi connectivity index (χ0) is 9.84. The van der Waals surface area contributed by atoms with Crippen LogP contribution in [0.1, 0.15) is 33.3 Å². The van der Waals surface area contributed by atoms with Crippen molar-refractivity contribution in [1.29, 1.82) is 0 Å². The molecule has 0 aromatic carbocycles. The first kappa shape index (κ1) is 9.51. The predicted octanol–water partition coefficient (Wildman–Crippen LogP) is 1.31. The van der Waals surface area contributed by atoms with Crippen LogP contribution in [0, 0.1) is 6.92 Å². The van der Waals surface area contributed by atoms with Crippen LogP contribution in [0.25, 0.3) is 0 Å². The van der Waals surface area contributed by atoms with E-state index in [9.17, 15) is 9.59 Å². The summed E-state index contributed by atoms with van der Waals surface area (Å²) in [6.07, 6.45) is 2.22. The topological polar surface area (TPSA) is 59.2 Å². The maximum absolute atomic E-state index is 11.3. The molecule has 1 N–H and O–H groups in total. The first-order valence-electron chi connectivity index (χ1n) is 4.01. The molecule has 0 aliphatic rings. The minimum absolute atomic E-state index is 0.274. The van der Waals surface area contributed by atoms with Gasteiger partial charge in [0.25, 0.3) is 0 Å². The van der Waals surface area contributed by atoms with E-state index in [2.05, 4.69) is 4.98 Å². The maximum atomic E-state index is 11.3. The van der Waals surface area contributed by atoms with Crippen molar-refractivity contribution in [3.8, 4) is 0 Å². The summed E-state index contributed by atoms with van der Waals surface area (Å²) in [6.45, 7) is 3.78. The molecule has 70 valence electrons. The van der Waals surface area contributed by atoms with E-state index < -0.39 is 5.97 Å². The second-order valence-corrected chi connectivity index (χ2v) is 2.60. The number of aryl methyl sites for hydroxylation is 1. The molecule has 0 unspecified atom stereocenters. The molecule has 1 rings (SSSR count). The molecule has 13 heavy (non-hydrogen) atoms. The third-order valence-electron chi connectivity index (χ3n) is 1.71. The van der Waals surface area contributed by atoms with Gasteiger partial charge in [0.15, 0.2) is 6.29 Å². The highest BCUT2D eigenvalue weighted by molar-refractivity contribution is 5.98. The maximum Gasteiger partial charge on any atom is 0.340 e. The molecular weight excluding hydrogens is 170 g/mol. The van der Waals surface area contributed by atoms with Crippen molar-refractivity contribution in [2.45, 2.75) is 13.8 Å². The van der Waals surface area contributed by atoms with Crippen LogP contribution in [0.5, 0.6) is 0 Å². The van der Waals surface area contributed by atoms with Gasteiger partial charge < -0.3 is 9.72 Å². The van der Waals surface area contributed by atoms with Gasteiger partial charge in [-0.2, -0.15) is 0 Å². The summed E-state index contributed by atoms with van der Waals surface area (Å²) >= 11 is 0. The Morgan fingerprint density at radius 1 is 1.69 bits per heavy atom. The number of aldehydes is 1. The van der Waals surface area contributed by atoms with Crippen LogP contribution < -0.4 is 0 Å². The largest absolute Gasteiger partial charge is 0.462 e. The summed E-state index contributed by atoms with van der Waals surface area (Å²) in [5.74, 6) is -0.455. The Balaban J connectivity index is 3.03. The number of rotatable bonds is 3. The second-order valence-electron chi connectivity index (χ2n) is 2.60. The van der Waals surface area contributed by atoms with E-state index >= 15 is 0 Å². The number of aromatic nitrogens is 1. The number of aromatic amines is 1. The standard InChI is InChI=1S/C9H11NO3/c1-3-13-9(12)8-6(2)4-10-7(8)5-11/h4-5,10H,3H2,1-2H3. The molecule has 1 aromatic heterocycles. The zero-order valence-electron chi connectivity index (χ0n) is 7.59. The highest BCUT2D eigenvalue weighted by Gasteiger charge is 2.16. The fourth-order valence-corrected chi connectivity index (χ4v) is 1.11. The van der Waals surface area contributed by atoms with Crippen LogP contribution in [0.3, 0.4) is 0 Å². The number of carbonyl (C=O) groups excluding carboxylic acids is 2. The Labute approximate surface area is 75.9 Å². The van der Waals surface area contributed by atoms with Crippen molar-refractivity contribution < 1.29 is 14.3 Å². The van der Waals surface area contributed by atoms with E-state index in [1.165, 1.54) is 0 Å². The normalized spacial score (nSPS) is 9.69. The van der Waals surface area contributed by atoms with Crippen LogP contribution in [-0.4, -0.2) is 23.8 Å². The molecule has 1 heterocycles. The summed E-state index contributed by atoms with van der Waals surface area (Å²) in [5.41, 5.74) is 1.33. The zero-order valence-corrected chi connectivity index (χ0v) is 7.59. The van der Waals surface area contributed by atoms with Gasteiger partial charge in [-0.3, -0.25) is 4.79 Å². The molecule has 0 aliphatic carbocycles. The van der Waals surface area contributed by atoms with E-state index in [1.54, 1.807) is 20.0 Å². The smallest absolute Gasteiger partial charge is 0.340 e. The highest BCUT2D eigenvalue weighted by Crippen LogP contribution is 2.12. The van der Waals surface area contributed by atoms with Crippen molar-refractivity contribution in [2.24, 2.45) is 0 Å². The quantitative estimate of drug-likeness (QED) is 0.565. The summed E-state index contributed by atoms with van der Waals surface area (Å²) in [5, 5.41) is 0. The van der Waals surface area contributed by atoms with Crippen LogP contribution in [0.4, 0.5) is 0 Å². The summed E-state index contributed by atoms with van der Waals surface area (Å²) in [7, 11) is 0. The van der Waals surface area contributed by atoms with E-state index in [4.69, 9.17) is 4.74 Å². The Bertz CT molecular complexity index is 328. The molecule has 1 aromatic rings. The van der Waals surface area contributed by atoms with Crippen molar-refractivity contribution >= 4 is 12.3 Å². The molecule has 0 fully saturated rings. The fourth-order valence-electron chi connectivity index (χ4n) is 1.11. The molecule has 0 saturated carbocycles. The minimum atomic E-state index is -0.455. The lowest BCUT2D eigenvalue weighted by atomic mass is 10.2. The monoisotopic (exact) mass is 181 g/mol. The lowest BCUT2D eigenvalue weighted by Gasteiger charge is -2.00. The third kappa shape index (κ3) is 1.77. The van der Waals surface area contributed by atoms with Gasteiger partial charge >= 0.3 is 5.97 Å². The van der Waals surface area contributed by atoms with E-state index in [1.807, 2.05) is 0 Å². The van der Waals surface area contributed by atoms with Gasteiger partial charge in [0, 0.05) is 6.20 Å². The molecule has 0 atom stereocenters. The molecule has 0 saturated heterocycles. The lowest BCUT2D eigenvalue weighted by Crippen LogP contribution is -2.07. The second kappa shape index (κ2) is 3.89. The molecular formula is C9H11NO3. The Morgan fingerprint density at radius 2 is 2.38 bits per heavy atom. The SMILES string of the molecule is CCOC(=O)c1c(C)c[nH]c1C=O. The first-order chi connectivity index (χ1) is 6.20. The van der Waals surface area contributed by atoms with Gasteiger partial charge in [-0.05, 0) is 19.4 Å². The average molecular weight is 181 g/mol. The Morgan fingerprint density at radius 3 is 2.92 bits per heavy atom. The van der Waals surface area contributed by atoms with Gasteiger partial charge in [0.1, 0.15) is 0 Å². The summed E-state index contributed by atoms with van der Waals surface area (Å²) in [4.78, 5) is 24.5. The number of hydrogen-bond acceptors (Lipinski definition) is 3.